The highest BCUT2D eigenvalue weighted by Gasteiger charge is 2.41. The molecule has 1 aliphatic carbocycles. The topological polar surface area (TPSA) is 17.1 Å². The van der Waals surface area contributed by atoms with Gasteiger partial charge in [0.05, 0.1) is 0 Å². The van der Waals surface area contributed by atoms with Gasteiger partial charge in [-0.2, -0.15) is 0 Å². The molecule has 1 heteroatoms. The number of benzene rings is 2. The van der Waals surface area contributed by atoms with Crippen molar-refractivity contribution < 1.29 is 4.79 Å². The van der Waals surface area contributed by atoms with Crippen LogP contribution in [0.3, 0.4) is 0 Å². The molecule has 1 aliphatic rings. The minimum Gasteiger partial charge on any atom is -0.299 e. The highest BCUT2D eigenvalue weighted by atomic mass is 16.1. The highest BCUT2D eigenvalue weighted by Crippen LogP contribution is 2.45. The summed E-state index contributed by atoms with van der Waals surface area (Å²) >= 11 is 0. The molecule has 2 aromatic carbocycles. The molecule has 0 aromatic heterocycles. The summed E-state index contributed by atoms with van der Waals surface area (Å²) < 4.78 is 0. The number of carbonyl (C=O) groups is 1. The van der Waals surface area contributed by atoms with Gasteiger partial charge in [-0.15, -0.1) is 0 Å². The van der Waals surface area contributed by atoms with Crippen LogP contribution in [0.2, 0.25) is 0 Å². The van der Waals surface area contributed by atoms with Gasteiger partial charge in [0.25, 0.3) is 0 Å². The quantitative estimate of drug-likeness (QED) is 0.759. The average molecular weight is 222 g/mol. The Morgan fingerprint density at radius 3 is 1.82 bits per heavy atom. The zero-order valence-corrected chi connectivity index (χ0v) is 9.54. The van der Waals surface area contributed by atoms with E-state index in [4.69, 9.17) is 0 Å². The van der Waals surface area contributed by atoms with Gasteiger partial charge in [0, 0.05) is 18.3 Å². The molecule has 0 spiro atoms. The molecule has 1 fully saturated rings. The molecule has 3 rings (SSSR count). The molecule has 0 saturated heterocycles. The predicted molar refractivity (Wildman–Crippen MR) is 68.0 cm³/mol. The normalized spacial score (nSPS) is 23.2. The summed E-state index contributed by atoms with van der Waals surface area (Å²) in [5, 5.41) is 0. The fourth-order valence-corrected chi connectivity index (χ4v) is 2.61. The first-order valence-corrected chi connectivity index (χ1v) is 5.99. The molecule has 0 amide bonds. The highest BCUT2D eigenvalue weighted by molar-refractivity contribution is 5.94. The van der Waals surface area contributed by atoms with Gasteiger partial charge in [-0.3, -0.25) is 4.79 Å². The van der Waals surface area contributed by atoms with Crippen LogP contribution in [0.1, 0.15) is 29.4 Å². The lowest BCUT2D eigenvalue weighted by Gasteiger charge is -2.35. The number of rotatable bonds is 2. The molecule has 0 N–H and O–H groups in total. The molecule has 2 aromatic rings. The van der Waals surface area contributed by atoms with E-state index < -0.39 is 0 Å². The third-order valence-corrected chi connectivity index (χ3v) is 3.56. The SMILES string of the molecule is O=C1C[C@H](c2ccccc2)[C@H]1c1ccccc1. The van der Waals surface area contributed by atoms with Crippen LogP contribution in [-0.4, -0.2) is 5.78 Å². The van der Waals surface area contributed by atoms with Crippen molar-refractivity contribution in [3.05, 3.63) is 71.8 Å². The van der Waals surface area contributed by atoms with Gasteiger partial charge in [0.15, 0.2) is 0 Å². The van der Waals surface area contributed by atoms with Gasteiger partial charge in [-0.05, 0) is 11.1 Å². The van der Waals surface area contributed by atoms with E-state index in [0.717, 1.165) is 5.56 Å². The predicted octanol–water partition coefficient (Wildman–Crippen LogP) is 3.53. The minimum atomic E-state index is 0.0681. The molecule has 1 saturated carbocycles. The van der Waals surface area contributed by atoms with E-state index in [-0.39, 0.29) is 5.92 Å². The number of ketones is 1. The van der Waals surface area contributed by atoms with Crippen LogP contribution in [0.15, 0.2) is 60.7 Å². The molecular weight excluding hydrogens is 208 g/mol. The summed E-state index contributed by atoms with van der Waals surface area (Å²) in [6.45, 7) is 0. The van der Waals surface area contributed by atoms with Crippen LogP contribution in [0.5, 0.6) is 0 Å². The summed E-state index contributed by atoms with van der Waals surface area (Å²) in [6.07, 6.45) is 0.684. The fourth-order valence-electron chi connectivity index (χ4n) is 2.61. The van der Waals surface area contributed by atoms with Gasteiger partial charge >= 0.3 is 0 Å². The number of carbonyl (C=O) groups excluding carboxylic acids is 1. The van der Waals surface area contributed by atoms with Crippen molar-refractivity contribution in [1.82, 2.24) is 0 Å². The zero-order valence-electron chi connectivity index (χ0n) is 9.54. The number of Topliss-reactive ketones (excluding diaryl/α,β-unsaturated/α-hetero) is 1. The Morgan fingerprint density at radius 1 is 0.765 bits per heavy atom. The van der Waals surface area contributed by atoms with Crippen molar-refractivity contribution in [3.8, 4) is 0 Å². The van der Waals surface area contributed by atoms with Crippen molar-refractivity contribution in [2.75, 3.05) is 0 Å². The first kappa shape index (κ1) is 10.3. The molecule has 2 atom stereocenters. The molecule has 0 heterocycles. The smallest absolute Gasteiger partial charge is 0.141 e. The van der Waals surface area contributed by atoms with E-state index in [1.807, 2.05) is 36.4 Å². The minimum absolute atomic E-state index is 0.0681. The van der Waals surface area contributed by atoms with Gasteiger partial charge in [0.2, 0.25) is 0 Å². The van der Waals surface area contributed by atoms with Crippen LogP contribution in [0.25, 0.3) is 0 Å². The standard InChI is InChI=1S/C16H14O/c17-15-11-14(12-7-3-1-4-8-12)16(15)13-9-5-2-6-10-13/h1-10,14,16H,11H2/t14-,16-/m1/s1. The van der Waals surface area contributed by atoms with Crippen LogP contribution in [-0.2, 0) is 4.79 Å². The molecule has 0 aliphatic heterocycles. The van der Waals surface area contributed by atoms with Crippen molar-refractivity contribution in [1.29, 1.82) is 0 Å². The molecule has 17 heavy (non-hydrogen) atoms. The van der Waals surface area contributed by atoms with Crippen molar-refractivity contribution >= 4 is 5.78 Å². The van der Waals surface area contributed by atoms with Crippen LogP contribution >= 0.6 is 0 Å². The maximum absolute atomic E-state index is 11.8. The lowest BCUT2D eigenvalue weighted by Crippen LogP contribution is -2.33. The van der Waals surface area contributed by atoms with Gasteiger partial charge in [-0.25, -0.2) is 0 Å². The van der Waals surface area contributed by atoms with Crippen LogP contribution < -0.4 is 0 Å². The second-order valence-electron chi connectivity index (χ2n) is 4.58. The summed E-state index contributed by atoms with van der Waals surface area (Å²) in [6, 6.07) is 20.4. The summed E-state index contributed by atoms with van der Waals surface area (Å²) in [4.78, 5) is 11.8. The second kappa shape index (κ2) is 4.17. The van der Waals surface area contributed by atoms with Gasteiger partial charge < -0.3 is 0 Å². The van der Waals surface area contributed by atoms with Crippen molar-refractivity contribution in [2.24, 2.45) is 0 Å². The summed E-state index contributed by atoms with van der Waals surface area (Å²) in [7, 11) is 0. The Morgan fingerprint density at radius 2 is 1.29 bits per heavy atom. The van der Waals surface area contributed by atoms with E-state index in [0.29, 0.717) is 18.1 Å². The maximum Gasteiger partial charge on any atom is 0.141 e. The Balaban J connectivity index is 1.92. The molecule has 84 valence electrons. The third kappa shape index (κ3) is 1.78. The summed E-state index contributed by atoms with van der Waals surface area (Å²) in [5.41, 5.74) is 2.43. The lowest BCUT2D eigenvalue weighted by atomic mass is 9.66. The average Bonchev–Trinajstić information content (AvgIpc) is 2.38. The van der Waals surface area contributed by atoms with E-state index >= 15 is 0 Å². The molecule has 0 unspecified atom stereocenters. The first-order valence-electron chi connectivity index (χ1n) is 5.99. The molecular formula is C16H14O. The largest absolute Gasteiger partial charge is 0.299 e. The Hall–Kier alpha value is -1.89. The number of hydrogen-bond acceptors (Lipinski definition) is 1. The first-order chi connectivity index (χ1) is 8.36. The second-order valence-corrected chi connectivity index (χ2v) is 4.58. The van der Waals surface area contributed by atoms with Gasteiger partial charge in [-0.1, -0.05) is 60.7 Å². The van der Waals surface area contributed by atoms with E-state index in [2.05, 4.69) is 24.3 Å². The van der Waals surface area contributed by atoms with Crippen LogP contribution in [0.4, 0.5) is 0 Å². The molecule has 1 nitrogen and oxygen atoms in total. The van der Waals surface area contributed by atoms with E-state index in [1.54, 1.807) is 0 Å². The Bertz CT molecular complexity index is 516. The monoisotopic (exact) mass is 222 g/mol. The van der Waals surface area contributed by atoms with Crippen molar-refractivity contribution in [2.45, 2.75) is 18.3 Å². The Kier molecular flexibility index (Phi) is 2.52. The number of hydrogen-bond donors (Lipinski definition) is 0. The van der Waals surface area contributed by atoms with E-state index in [1.165, 1.54) is 5.56 Å². The summed E-state index contributed by atoms with van der Waals surface area (Å²) in [5.74, 6) is 0.801. The Labute approximate surface area is 101 Å². The van der Waals surface area contributed by atoms with Gasteiger partial charge in [0.1, 0.15) is 5.78 Å². The van der Waals surface area contributed by atoms with E-state index in [9.17, 15) is 4.79 Å². The third-order valence-electron chi connectivity index (χ3n) is 3.56. The molecule has 0 bridgehead atoms. The zero-order chi connectivity index (χ0) is 11.7. The van der Waals surface area contributed by atoms with Crippen LogP contribution in [0, 0.1) is 0 Å². The lowest BCUT2D eigenvalue weighted by molar-refractivity contribution is -0.127. The maximum atomic E-state index is 11.8. The van der Waals surface area contributed by atoms with Crippen molar-refractivity contribution in [3.63, 3.8) is 0 Å². The fraction of sp³-hybridized carbons (Fsp3) is 0.188. The molecule has 0 radical (unpaired) electrons.